The molecule has 0 aromatic heterocycles. The van der Waals surface area contributed by atoms with E-state index in [9.17, 15) is 0 Å². The van der Waals surface area contributed by atoms with Gasteiger partial charge in [0, 0.05) is 0 Å². The molecule has 0 saturated heterocycles. The third-order valence-electron chi connectivity index (χ3n) is 5.11. The number of hydrogen-bond acceptors (Lipinski definition) is 0. The molecule has 0 heterocycles. The molecule has 0 nitrogen and oxygen atoms in total. The highest BCUT2D eigenvalue weighted by atomic mass is 14.3. The van der Waals surface area contributed by atoms with Gasteiger partial charge in [-0.2, -0.15) is 0 Å². The van der Waals surface area contributed by atoms with Crippen LogP contribution in [0.2, 0.25) is 0 Å². The molecule has 114 valence electrons. The predicted octanol–water partition coefficient (Wildman–Crippen LogP) is 5.72. The summed E-state index contributed by atoms with van der Waals surface area (Å²) in [5, 5.41) is 0. The van der Waals surface area contributed by atoms with Gasteiger partial charge in [0.05, 0.1) is 0 Å². The molecule has 0 bridgehead atoms. The van der Waals surface area contributed by atoms with Crippen molar-refractivity contribution < 1.29 is 0 Å². The molecule has 0 spiro atoms. The molecule has 3 aromatic rings. The average Bonchev–Trinajstić information content (AvgIpc) is 2.97. The molecule has 0 aliphatic heterocycles. The van der Waals surface area contributed by atoms with Crippen LogP contribution in [0.15, 0.2) is 60.7 Å². The quantitative estimate of drug-likeness (QED) is 0.454. The SMILES string of the molecule is CCc1cc(C)c(Cc2ccccc2)c2c1-c1ccccc1C2. The Labute approximate surface area is 138 Å². The van der Waals surface area contributed by atoms with E-state index < -0.39 is 0 Å². The molecule has 0 heteroatoms. The number of rotatable bonds is 3. The summed E-state index contributed by atoms with van der Waals surface area (Å²) in [7, 11) is 0. The second kappa shape index (κ2) is 5.70. The first-order valence-electron chi connectivity index (χ1n) is 8.54. The summed E-state index contributed by atoms with van der Waals surface area (Å²) in [6.45, 7) is 4.55. The Morgan fingerprint density at radius 3 is 2.43 bits per heavy atom. The summed E-state index contributed by atoms with van der Waals surface area (Å²) in [6, 6.07) is 22.2. The van der Waals surface area contributed by atoms with Gasteiger partial charge in [-0.3, -0.25) is 0 Å². The Bertz CT molecular complexity index is 857. The largest absolute Gasteiger partial charge is 0.0622 e. The number of benzene rings is 3. The summed E-state index contributed by atoms with van der Waals surface area (Å²) in [6.07, 6.45) is 3.22. The van der Waals surface area contributed by atoms with Crippen molar-refractivity contribution >= 4 is 0 Å². The first-order valence-corrected chi connectivity index (χ1v) is 8.54. The summed E-state index contributed by atoms with van der Waals surface area (Å²) < 4.78 is 0. The van der Waals surface area contributed by atoms with Crippen LogP contribution in [0.4, 0.5) is 0 Å². The lowest BCUT2D eigenvalue weighted by Gasteiger charge is -2.16. The van der Waals surface area contributed by atoms with Crippen molar-refractivity contribution in [3.8, 4) is 11.1 Å². The van der Waals surface area contributed by atoms with Gasteiger partial charge in [0.15, 0.2) is 0 Å². The van der Waals surface area contributed by atoms with Gasteiger partial charge in [0.2, 0.25) is 0 Å². The van der Waals surface area contributed by atoms with Crippen molar-refractivity contribution in [1.82, 2.24) is 0 Å². The predicted molar refractivity (Wildman–Crippen MR) is 98.0 cm³/mol. The molecule has 1 aliphatic carbocycles. The molecule has 0 amide bonds. The summed E-state index contributed by atoms with van der Waals surface area (Å²) >= 11 is 0. The Morgan fingerprint density at radius 2 is 1.65 bits per heavy atom. The summed E-state index contributed by atoms with van der Waals surface area (Å²) in [4.78, 5) is 0. The van der Waals surface area contributed by atoms with Gasteiger partial charge in [-0.05, 0) is 70.7 Å². The second-order valence-electron chi connectivity index (χ2n) is 6.53. The zero-order chi connectivity index (χ0) is 15.8. The Morgan fingerprint density at radius 1 is 0.913 bits per heavy atom. The Balaban J connectivity index is 1.89. The van der Waals surface area contributed by atoms with E-state index in [1.165, 1.54) is 38.9 Å². The monoisotopic (exact) mass is 298 g/mol. The van der Waals surface area contributed by atoms with Crippen molar-refractivity contribution in [1.29, 1.82) is 0 Å². The van der Waals surface area contributed by atoms with Crippen LogP contribution in [-0.2, 0) is 19.3 Å². The molecule has 23 heavy (non-hydrogen) atoms. The highest BCUT2D eigenvalue weighted by molar-refractivity contribution is 5.81. The van der Waals surface area contributed by atoms with Crippen LogP contribution in [0.3, 0.4) is 0 Å². The van der Waals surface area contributed by atoms with E-state index in [0.29, 0.717) is 0 Å². The van der Waals surface area contributed by atoms with E-state index in [1.54, 1.807) is 5.56 Å². The average molecular weight is 298 g/mol. The molecule has 0 unspecified atom stereocenters. The highest BCUT2D eigenvalue weighted by Gasteiger charge is 2.24. The Kier molecular flexibility index (Phi) is 3.53. The molecule has 0 atom stereocenters. The Hall–Kier alpha value is -2.34. The maximum absolute atomic E-state index is 2.42. The standard InChI is InChI=1S/C23H22/c1-3-18-13-16(2)21(14-17-9-5-4-6-10-17)22-15-19-11-7-8-12-20(19)23(18)22/h4-13H,3,14-15H2,1-2H3. The zero-order valence-corrected chi connectivity index (χ0v) is 13.9. The fourth-order valence-corrected chi connectivity index (χ4v) is 3.97. The van der Waals surface area contributed by atoms with Gasteiger partial charge in [0.1, 0.15) is 0 Å². The molecule has 0 saturated carbocycles. The first kappa shape index (κ1) is 14.3. The first-order chi connectivity index (χ1) is 11.3. The maximum atomic E-state index is 2.42. The lowest BCUT2D eigenvalue weighted by molar-refractivity contribution is 1.06. The van der Waals surface area contributed by atoms with E-state index in [1.807, 2.05) is 0 Å². The van der Waals surface area contributed by atoms with E-state index in [4.69, 9.17) is 0 Å². The van der Waals surface area contributed by atoms with Crippen LogP contribution < -0.4 is 0 Å². The van der Waals surface area contributed by atoms with Gasteiger partial charge in [0.25, 0.3) is 0 Å². The highest BCUT2D eigenvalue weighted by Crippen LogP contribution is 2.42. The van der Waals surface area contributed by atoms with Crippen LogP contribution in [0.25, 0.3) is 11.1 Å². The smallest absolute Gasteiger partial charge is 0.00104 e. The molecule has 0 radical (unpaired) electrons. The molecule has 0 fully saturated rings. The van der Waals surface area contributed by atoms with Crippen LogP contribution >= 0.6 is 0 Å². The second-order valence-corrected chi connectivity index (χ2v) is 6.53. The van der Waals surface area contributed by atoms with Crippen molar-refractivity contribution in [2.45, 2.75) is 33.1 Å². The minimum absolute atomic E-state index is 1.03. The van der Waals surface area contributed by atoms with Crippen LogP contribution in [0.1, 0.15) is 40.3 Å². The van der Waals surface area contributed by atoms with Gasteiger partial charge >= 0.3 is 0 Å². The normalized spacial score (nSPS) is 12.1. The molecule has 4 rings (SSSR count). The topological polar surface area (TPSA) is 0 Å². The molecule has 3 aromatic carbocycles. The van der Waals surface area contributed by atoms with Crippen LogP contribution in [0, 0.1) is 6.92 Å². The maximum Gasteiger partial charge on any atom is -0.00104 e. The summed E-state index contributed by atoms with van der Waals surface area (Å²) in [5.41, 5.74) is 11.9. The van der Waals surface area contributed by atoms with E-state index in [-0.39, 0.29) is 0 Å². The van der Waals surface area contributed by atoms with Gasteiger partial charge in [-0.15, -0.1) is 0 Å². The zero-order valence-electron chi connectivity index (χ0n) is 13.9. The molecular weight excluding hydrogens is 276 g/mol. The third-order valence-corrected chi connectivity index (χ3v) is 5.11. The fourth-order valence-electron chi connectivity index (χ4n) is 3.97. The van der Waals surface area contributed by atoms with Crippen LogP contribution in [0.5, 0.6) is 0 Å². The minimum atomic E-state index is 1.03. The molecule has 0 N–H and O–H groups in total. The van der Waals surface area contributed by atoms with E-state index >= 15 is 0 Å². The van der Waals surface area contributed by atoms with Gasteiger partial charge in [-0.25, -0.2) is 0 Å². The van der Waals surface area contributed by atoms with Crippen molar-refractivity contribution in [2.75, 3.05) is 0 Å². The molecular formula is C23H22. The van der Waals surface area contributed by atoms with E-state index in [0.717, 1.165) is 19.3 Å². The van der Waals surface area contributed by atoms with Crippen molar-refractivity contribution in [2.24, 2.45) is 0 Å². The van der Waals surface area contributed by atoms with Gasteiger partial charge in [-0.1, -0.05) is 67.6 Å². The lowest BCUT2D eigenvalue weighted by atomic mass is 9.88. The van der Waals surface area contributed by atoms with Gasteiger partial charge < -0.3 is 0 Å². The fraction of sp³-hybridized carbons (Fsp3) is 0.217. The number of aryl methyl sites for hydroxylation is 2. The molecule has 1 aliphatic rings. The van der Waals surface area contributed by atoms with Crippen molar-refractivity contribution in [3.05, 3.63) is 94.0 Å². The van der Waals surface area contributed by atoms with Crippen LogP contribution in [-0.4, -0.2) is 0 Å². The number of fused-ring (bicyclic) bond motifs is 3. The lowest BCUT2D eigenvalue weighted by Crippen LogP contribution is -2.01. The number of hydrogen-bond donors (Lipinski definition) is 0. The minimum Gasteiger partial charge on any atom is -0.0622 e. The third kappa shape index (κ3) is 2.39. The summed E-state index contributed by atoms with van der Waals surface area (Å²) in [5.74, 6) is 0. The van der Waals surface area contributed by atoms with E-state index in [2.05, 4.69) is 74.5 Å². The van der Waals surface area contributed by atoms with Crippen molar-refractivity contribution in [3.63, 3.8) is 0 Å².